The molecule has 0 radical (unpaired) electrons. The van der Waals surface area contributed by atoms with Crippen molar-refractivity contribution in [3.63, 3.8) is 0 Å². The van der Waals surface area contributed by atoms with E-state index in [1.165, 1.54) is 128 Å². The molecule has 7 heterocycles. The molecule has 2 aliphatic carbocycles. The van der Waals surface area contributed by atoms with Gasteiger partial charge in [-0.15, -0.1) is 0 Å². The van der Waals surface area contributed by atoms with Crippen LogP contribution in [0.5, 0.6) is 0 Å². The number of amides is 3. The molecule has 13 heteroatoms. The third kappa shape index (κ3) is 11.6. The smallest absolute Gasteiger partial charge is 0.409 e. The van der Waals surface area contributed by atoms with Gasteiger partial charge in [0, 0.05) is 83.1 Å². The van der Waals surface area contributed by atoms with Gasteiger partial charge in [0.25, 0.3) is 0 Å². The highest BCUT2D eigenvalue weighted by atomic mass is 32.1. The molecular weight excluding hydrogens is 801 g/mol. The molecule has 0 aromatic carbocycles. The Morgan fingerprint density at radius 3 is 1.40 bits per heavy atom. The van der Waals surface area contributed by atoms with E-state index in [4.69, 9.17) is 26.4 Å². The van der Waals surface area contributed by atoms with Gasteiger partial charge in [0.2, 0.25) is 5.91 Å². The summed E-state index contributed by atoms with van der Waals surface area (Å²) in [7, 11) is 0. The normalized spacial score (nSPS) is 32.7. The monoisotopic (exact) mass is 887 g/mol. The lowest BCUT2D eigenvalue weighted by atomic mass is 9.64. The van der Waals surface area contributed by atoms with Gasteiger partial charge in [0.1, 0.15) is 0 Å². The third-order valence-corrected chi connectivity index (χ3v) is 17.1. The first-order chi connectivity index (χ1) is 29.6. The number of carbonyl (C=O) groups is 3. The Morgan fingerprint density at radius 1 is 0.581 bits per heavy atom. The van der Waals surface area contributed by atoms with Crippen LogP contribution in [0.1, 0.15) is 151 Å². The highest BCUT2D eigenvalue weighted by Gasteiger charge is 2.53. The molecule has 12 nitrogen and oxygen atoms in total. The van der Waals surface area contributed by atoms with E-state index in [2.05, 4.69) is 26.5 Å². The molecule has 354 valence electrons. The van der Waals surface area contributed by atoms with E-state index in [0.717, 1.165) is 77.2 Å². The van der Waals surface area contributed by atoms with Crippen LogP contribution in [0.2, 0.25) is 0 Å². The molecule has 62 heavy (non-hydrogen) atoms. The number of rotatable bonds is 8. The molecule has 2 saturated carbocycles. The second-order valence-corrected chi connectivity index (χ2v) is 20.7. The van der Waals surface area contributed by atoms with Crippen LogP contribution in [-0.4, -0.2) is 169 Å². The molecule has 0 aromatic rings. The van der Waals surface area contributed by atoms with Crippen molar-refractivity contribution >= 4 is 35.3 Å². The standard InChI is InChI=1S/C22H37N3O3.C22H37N3O2S.C4H8O.CH4/c1-3-20(26)25-10-5-6-19(25)17-7-11-23(12-8-17)18-14-22(15-18)9-13-24(16-22)21(27)28-4-2;1-3-20(28)25-10-5-6-19(25)17-7-11-23(12-8-17)18-14-22(15-18)9-13-24(16-22)21(26)27-4-2;1-2-4-5-3-1;/h2*17-19H,3-16H2,1-2H3;1-4H2;1H4/t2*18?,19-,22?;;/m00../s1. The lowest BCUT2D eigenvalue weighted by Gasteiger charge is -2.52. The van der Waals surface area contributed by atoms with Crippen molar-refractivity contribution in [1.29, 1.82) is 0 Å². The number of piperidine rings is 2. The van der Waals surface area contributed by atoms with Crippen molar-refractivity contribution in [2.75, 3.05) is 91.9 Å². The van der Waals surface area contributed by atoms with E-state index in [-0.39, 0.29) is 19.6 Å². The van der Waals surface area contributed by atoms with Gasteiger partial charge in [-0.1, -0.05) is 33.5 Å². The topological polar surface area (TPSA) is 98.3 Å². The minimum atomic E-state index is -0.133. The number of carbonyl (C=O) groups excluding carboxylic acids is 3. The summed E-state index contributed by atoms with van der Waals surface area (Å²) >= 11 is 5.63. The fraction of sp³-hybridized carbons (Fsp3) is 0.918. The maximum Gasteiger partial charge on any atom is 0.409 e. The van der Waals surface area contributed by atoms with Crippen molar-refractivity contribution in [1.82, 2.24) is 29.4 Å². The Labute approximate surface area is 381 Å². The molecule has 2 spiro atoms. The summed E-state index contributed by atoms with van der Waals surface area (Å²) in [4.78, 5) is 51.4. The first-order valence-corrected chi connectivity index (χ1v) is 25.5. The van der Waals surface area contributed by atoms with Crippen molar-refractivity contribution in [3.8, 4) is 0 Å². The van der Waals surface area contributed by atoms with Crippen LogP contribution in [0.25, 0.3) is 0 Å². The Kier molecular flexibility index (Phi) is 18.1. The number of ether oxygens (including phenoxy) is 3. The van der Waals surface area contributed by atoms with Gasteiger partial charge in [-0.25, -0.2) is 9.59 Å². The van der Waals surface area contributed by atoms with Gasteiger partial charge in [-0.05, 0) is 172 Å². The van der Waals surface area contributed by atoms with Crippen LogP contribution in [0.3, 0.4) is 0 Å². The maximum absolute atomic E-state index is 12.2. The maximum atomic E-state index is 12.2. The summed E-state index contributed by atoms with van der Waals surface area (Å²) in [5.41, 5.74) is 0.730. The second-order valence-electron chi connectivity index (χ2n) is 20.2. The SMILES string of the molecule is C.C1CCOC1.CCOC(=O)N1CCC2(CC(N3CCC([C@@H]4CCCN4C(=O)CC)CC3)C2)C1.CCOC(=O)N1CCC2(CC(N3CCC([C@@H]4CCCN4C(=S)CC)CC3)C2)C1. The fourth-order valence-electron chi connectivity index (χ4n) is 13.1. The summed E-state index contributed by atoms with van der Waals surface area (Å²) in [6.07, 6.45) is 21.4. The Balaban J connectivity index is 0.000000183. The van der Waals surface area contributed by atoms with Gasteiger partial charge < -0.3 is 43.6 Å². The third-order valence-electron chi connectivity index (χ3n) is 16.5. The average Bonchev–Trinajstić information content (AvgIpc) is 4.12. The summed E-state index contributed by atoms with van der Waals surface area (Å²) < 4.78 is 15.3. The first-order valence-electron chi connectivity index (χ1n) is 25.1. The zero-order chi connectivity index (χ0) is 43.0. The van der Waals surface area contributed by atoms with E-state index in [1.54, 1.807) is 0 Å². The molecule has 2 atom stereocenters. The zero-order valence-electron chi connectivity index (χ0n) is 38.6. The molecule has 9 aliphatic rings. The van der Waals surface area contributed by atoms with Crippen molar-refractivity contribution in [3.05, 3.63) is 0 Å². The van der Waals surface area contributed by atoms with E-state index in [1.807, 2.05) is 30.6 Å². The fourth-order valence-corrected chi connectivity index (χ4v) is 13.3. The first kappa shape index (κ1) is 49.2. The zero-order valence-corrected chi connectivity index (χ0v) is 39.4. The van der Waals surface area contributed by atoms with E-state index < -0.39 is 0 Å². The van der Waals surface area contributed by atoms with Crippen LogP contribution in [0.4, 0.5) is 9.59 Å². The van der Waals surface area contributed by atoms with Gasteiger partial charge >= 0.3 is 12.2 Å². The van der Waals surface area contributed by atoms with Crippen LogP contribution in [0.15, 0.2) is 0 Å². The van der Waals surface area contributed by atoms with Gasteiger partial charge in [0.15, 0.2) is 0 Å². The molecule has 9 fully saturated rings. The molecule has 9 rings (SSSR count). The van der Waals surface area contributed by atoms with E-state index in [9.17, 15) is 14.4 Å². The molecule has 0 unspecified atom stereocenters. The molecule has 7 saturated heterocycles. The minimum absolute atomic E-state index is 0. The van der Waals surface area contributed by atoms with Crippen molar-refractivity contribution in [2.24, 2.45) is 22.7 Å². The molecule has 3 amide bonds. The predicted octanol–water partition coefficient (Wildman–Crippen LogP) is 8.45. The van der Waals surface area contributed by atoms with Crippen LogP contribution < -0.4 is 0 Å². The van der Waals surface area contributed by atoms with Crippen molar-refractivity contribution in [2.45, 2.75) is 175 Å². The summed E-state index contributed by atoms with van der Waals surface area (Å²) in [6, 6.07) is 2.63. The van der Waals surface area contributed by atoms with E-state index in [0.29, 0.717) is 60.4 Å². The molecular formula is C49H86N6O6S. The number of thiocarbonyl (C=S) groups is 1. The largest absolute Gasteiger partial charge is 0.450 e. The Morgan fingerprint density at radius 2 is 1.02 bits per heavy atom. The van der Waals surface area contributed by atoms with Crippen LogP contribution in [-0.2, 0) is 19.0 Å². The quantitative estimate of drug-likeness (QED) is 0.221. The highest BCUT2D eigenvalue weighted by molar-refractivity contribution is 7.80. The lowest BCUT2D eigenvalue weighted by Crippen LogP contribution is -2.55. The molecule has 0 aromatic heterocycles. The average molecular weight is 887 g/mol. The Bertz CT molecular complexity index is 1340. The van der Waals surface area contributed by atoms with Gasteiger partial charge in [0.05, 0.1) is 18.2 Å². The van der Waals surface area contributed by atoms with Crippen LogP contribution >= 0.6 is 12.2 Å². The Hall–Kier alpha value is -2.22. The van der Waals surface area contributed by atoms with E-state index >= 15 is 0 Å². The second kappa shape index (κ2) is 22.8. The summed E-state index contributed by atoms with van der Waals surface area (Å²) in [6.45, 7) is 21.4. The predicted molar refractivity (Wildman–Crippen MR) is 250 cm³/mol. The van der Waals surface area contributed by atoms with Crippen molar-refractivity contribution < 1.29 is 28.6 Å². The minimum Gasteiger partial charge on any atom is -0.450 e. The van der Waals surface area contributed by atoms with Gasteiger partial charge in [-0.3, -0.25) is 4.79 Å². The molecule has 0 bridgehead atoms. The number of hydrogen-bond acceptors (Lipinski definition) is 9. The number of hydrogen-bond donors (Lipinski definition) is 0. The molecule has 7 aliphatic heterocycles. The van der Waals surface area contributed by atoms with Crippen LogP contribution in [0, 0.1) is 22.7 Å². The summed E-state index contributed by atoms with van der Waals surface area (Å²) in [5.74, 6) is 1.86. The summed E-state index contributed by atoms with van der Waals surface area (Å²) in [5, 5.41) is 0. The number of nitrogens with zero attached hydrogens (tertiary/aromatic N) is 6. The number of likely N-dealkylation sites (tertiary alicyclic amines) is 6. The highest BCUT2D eigenvalue weighted by Crippen LogP contribution is 2.52. The lowest BCUT2D eigenvalue weighted by molar-refractivity contribution is -0.133. The molecule has 0 N–H and O–H groups in total. The van der Waals surface area contributed by atoms with Gasteiger partial charge in [-0.2, -0.15) is 0 Å².